The van der Waals surface area contributed by atoms with Gasteiger partial charge in [-0.15, -0.1) is 5.54 Å². The Morgan fingerprint density at radius 1 is 0.918 bits per heavy atom. The number of phenolic OH excluding ortho intramolecular Hbond substituents is 1. The minimum absolute atomic E-state index is 0.0769. The molecule has 4 saturated heterocycles. The monoisotopic (exact) mass is 851 g/mol. The summed E-state index contributed by atoms with van der Waals surface area (Å²) in [5.74, 6) is 1.40. The summed E-state index contributed by atoms with van der Waals surface area (Å²) in [6.45, 7) is 15.4. The van der Waals surface area contributed by atoms with Crippen LogP contribution in [0.5, 0.6) is 11.8 Å². The maximum absolute atomic E-state index is 18.0. The van der Waals surface area contributed by atoms with Crippen LogP contribution in [0.25, 0.3) is 44.2 Å². The molecule has 2 aromatic carbocycles. The molecule has 2 N–H and O–H groups in total. The Bertz CT molecular complexity index is 2560. The van der Waals surface area contributed by atoms with Crippen molar-refractivity contribution in [1.29, 1.82) is 0 Å². The number of halogens is 4. The maximum Gasteiger partial charge on any atom is 0.319 e. The van der Waals surface area contributed by atoms with Gasteiger partial charge in [0.25, 0.3) is 0 Å². The summed E-state index contributed by atoms with van der Waals surface area (Å²) in [4.78, 5) is 23.1. The largest absolute Gasteiger partial charge is 0.508 e. The van der Waals surface area contributed by atoms with Gasteiger partial charge in [0.2, 0.25) is 0 Å². The van der Waals surface area contributed by atoms with E-state index >= 15 is 13.2 Å². The van der Waals surface area contributed by atoms with E-state index in [2.05, 4.69) is 73.1 Å². The predicted molar refractivity (Wildman–Crippen MR) is 234 cm³/mol. The Labute approximate surface area is 355 Å². The van der Waals surface area contributed by atoms with Crippen molar-refractivity contribution in [1.82, 2.24) is 30.2 Å². The first kappa shape index (κ1) is 41.5. The van der Waals surface area contributed by atoms with Gasteiger partial charge in [-0.05, 0) is 78.5 Å². The lowest BCUT2D eigenvalue weighted by Crippen LogP contribution is -2.51. The number of aromatic nitrogens is 4. The average Bonchev–Trinajstić information content (AvgIpc) is 3.87. The Kier molecular flexibility index (Phi) is 10.8. The second-order valence-electron chi connectivity index (χ2n) is 18.6. The van der Waals surface area contributed by atoms with Crippen molar-refractivity contribution in [3.63, 3.8) is 0 Å². The van der Waals surface area contributed by atoms with Crippen LogP contribution in [-0.2, 0) is 0 Å². The quantitative estimate of drug-likeness (QED) is 0.0854. The lowest BCUT2D eigenvalue weighted by molar-refractivity contribution is 0.107. The van der Waals surface area contributed by atoms with E-state index in [9.17, 15) is 9.50 Å². The summed E-state index contributed by atoms with van der Waals surface area (Å²) in [6, 6.07) is 7.27. The molecule has 4 fully saturated rings. The van der Waals surface area contributed by atoms with Crippen LogP contribution in [0, 0.1) is 28.9 Å². The van der Waals surface area contributed by atoms with E-state index in [-0.39, 0.29) is 91.4 Å². The van der Waals surface area contributed by atoms with E-state index in [1.54, 1.807) is 0 Å². The number of fused-ring (bicyclic) bond motifs is 5. The van der Waals surface area contributed by atoms with E-state index in [1.165, 1.54) is 36.5 Å². The molecule has 4 aliphatic rings. The maximum atomic E-state index is 18.0. The highest BCUT2D eigenvalue weighted by atomic mass is 28.3. The molecule has 3 aromatic heterocycles. The van der Waals surface area contributed by atoms with Crippen LogP contribution in [0.15, 0.2) is 42.7 Å². The first-order valence-corrected chi connectivity index (χ1v) is 23.9. The van der Waals surface area contributed by atoms with Crippen molar-refractivity contribution in [2.75, 3.05) is 37.7 Å². The van der Waals surface area contributed by atoms with E-state index < -0.39 is 37.2 Å². The zero-order valence-corrected chi connectivity index (χ0v) is 36.6. The molecule has 0 spiro atoms. The Morgan fingerprint density at radius 2 is 1.66 bits per heavy atom. The third kappa shape index (κ3) is 7.20. The lowest BCUT2D eigenvalue weighted by Gasteiger charge is -2.38. The molecule has 0 aliphatic carbocycles. The number of pyridine rings is 2. The predicted octanol–water partition coefficient (Wildman–Crippen LogP) is 9.50. The van der Waals surface area contributed by atoms with Crippen LogP contribution < -0.4 is 15.0 Å². The molecule has 0 amide bonds. The number of nitrogens with one attached hydrogen (secondary N) is 1. The summed E-state index contributed by atoms with van der Waals surface area (Å²) in [6.07, 6.45) is 5.50. The van der Waals surface area contributed by atoms with Gasteiger partial charge in [0.05, 0.1) is 28.4 Å². The van der Waals surface area contributed by atoms with Gasteiger partial charge in [-0.2, -0.15) is 9.97 Å². The molecule has 14 heteroatoms. The number of rotatable bonds is 9. The van der Waals surface area contributed by atoms with Gasteiger partial charge in [-0.3, -0.25) is 9.88 Å². The molecule has 9 nitrogen and oxygen atoms in total. The van der Waals surface area contributed by atoms with E-state index in [1.807, 2.05) is 0 Å². The second-order valence-corrected chi connectivity index (χ2v) is 24.2. The fraction of sp³-hybridized carbons (Fsp3) is 0.489. The second kappa shape index (κ2) is 15.8. The van der Waals surface area contributed by atoms with Crippen molar-refractivity contribution < 1.29 is 27.4 Å². The van der Waals surface area contributed by atoms with Crippen LogP contribution in [0.2, 0.25) is 16.6 Å². The minimum atomic E-state index is -2.37. The fourth-order valence-electron chi connectivity index (χ4n) is 11.3. The fourth-order valence-corrected chi connectivity index (χ4v) is 16.5. The van der Waals surface area contributed by atoms with E-state index in [0.29, 0.717) is 37.3 Å². The number of hydrogen-bond donors (Lipinski definition) is 2. The third-order valence-corrected chi connectivity index (χ3v) is 20.3. The number of hydrogen-bond acceptors (Lipinski definition) is 9. The van der Waals surface area contributed by atoms with Crippen LogP contribution in [0.4, 0.5) is 23.4 Å². The van der Waals surface area contributed by atoms with E-state index in [0.717, 1.165) is 38.4 Å². The molecule has 9 rings (SSSR count). The molecular weight excluding hydrogens is 799 g/mol. The smallest absolute Gasteiger partial charge is 0.319 e. The standard InChI is InChI=1S/C47H53F4N7O2Si/c1-26(2)61(27(3)4,28(5)6)15-12-36-38(50)11-8-29-17-35(59)18-37(39(29)36)43-41(51)44-40(42(54-43)30-16-31(48)21-52-20-30)45(57-23-33-9-10-34(24-57)53-33)56-46(55-44)60-25-47-13-7-14-58(47)22-32(49)19-47/h8,11,16-18,20-21,26-28,32-34,53,59H,7,9-10,13-14,19,22-25H2,1-6H3/t32-,33-,34+,47+/m1/s1. The van der Waals surface area contributed by atoms with Gasteiger partial charge in [0, 0.05) is 60.8 Å². The van der Waals surface area contributed by atoms with Gasteiger partial charge in [0.1, 0.15) is 55.3 Å². The molecule has 4 aliphatic heterocycles. The van der Waals surface area contributed by atoms with Crippen molar-refractivity contribution in [3.8, 4) is 45.7 Å². The van der Waals surface area contributed by atoms with Crippen molar-refractivity contribution >= 4 is 35.6 Å². The molecule has 5 aromatic rings. The highest BCUT2D eigenvalue weighted by molar-refractivity contribution is 6.90. The van der Waals surface area contributed by atoms with Crippen LogP contribution >= 0.6 is 0 Å². The summed E-state index contributed by atoms with van der Waals surface area (Å²) >= 11 is 0. The number of benzene rings is 2. The molecule has 61 heavy (non-hydrogen) atoms. The normalized spacial score (nSPS) is 22.8. The van der Waals surface area contributed by atoms with Crippen molar-refractivity contribution in [2.45, 2.75) is 114 Å². The molecule has 4 atom stereocenters. The summed E-state index contributed by atoms with van der Waals surface area (Å²) in [7, 11) is -2.37. The van der Waals surface area contributed by atoms with Crippen molar-refractivity contribution in [3.05, 3.63) is 65.7 Å². The number of aromatic hydroxyl groups is 1. The average molecular weight is 852 g/mol. The van der Waals surface area contributed by atoms with Crippen LogP contribution in [0.3, 0.4) is 0 Å². The highest BCUT2D eigenvalue weighted by Gasteiger charge is 2.49. The summed E-state index contributed by atoms with van der Waals surface area (Å²) < 4.78 is 70.8. The Balaban J connectivity index is 1.31. The zero-order chi connectivity index (χ0) is 43.0. The number of ether oxygens (including phenoxy) is 1. The third-order valence-electron chi connectivity index (χ3n) is 14.0. The number of alkyl halides is 1. The molecular formula is C47H53F4N7O2Si. The zero-order valence-electron chi connectivity index (χ0n) is 35.6. The summed E-state index contributed by atoms with van der Waals surface area (Å²) in [5.41, 5.74) is 4.11. The van der Waals surface area contributed by atoms with Gasteiger partial charge in [-0.1, -0.05) is 53.5 Å². The highest BCUT2D eigenvalue weighted by Crippen LogP contribution is 2.45. The van der Waals surface area contributed by atoms with Gasteiger partial charge >= 0.3 is 6.01 Å². The van der Waals surface area contributed by atoms with Gasteiger partial charge in [0.15, 0.2) is 5.82 Å². The number of anilines is 1. The van der Waals surface area contributed by atoms with Crippen molar-refractivity contribution in [2.24, 2.45) is 0 Å². The molecule has 0 radical (unpaired) electrons. The number of phenols is 1. The summed E-state index contributed by atoms with van der Waals surface area (Å²) in [5, 5.41) is 15.8. The Hall–Kier alpha value is -4.84. The van der Waals surface area contributed by atoms with Crippen LogP contribution in [0.1, 0.15) is 79.2 Å². The minimum Gasteiger partial charge on any atom is -0.508 e. The number of piperazine rings is 1. The Morgan fingerprint density at radius 3 is 2.36 bits per heavy atom. The SMILES string of the molecule is CC(C)[Si](C#Cc1c(F)ccc2cc(O)cc(-c3nc(-c4cncc(F)c4)c4c(N5C[C@H]6CC[C@@H](C5)N6)nc(OC[C@@]56CCCN5C[C@H](F)C6)nc4c3F)c12)(C(C)C)C(C)C. The van der Waals surface area contributed by atoms with E-state index in [4.69, 9.17) is 19.7 Å². The molecule has 7 heterocycles. The molecule has 2 bridgehead atoms. The van der Waals surface area contributed by atoms with Crippen LogP contribution in [-0.4, -0.2) is 94.6 Å². The number of nitrogens with zero attached hydrogens (tertiary/aromatic N) is 6. The first-order chi connectivity index (χ1) is 29.2. The molecule has 320 valence electrons. The molecule has 0 saturated carbocycles. The first-order valence-electron chi connectivity index (χ1n) is 21.7. The molecule has 0 unspecified atom stereocenters. The topological polar surface area (TPSA) is 99.5 Å². The lowest BCUT2D eigenvalue weighted by atomic mass is 9.95. The van der Waals surface area contributed by atoms with Gasteiger partial charge < -0.3 is 20.1 Å². The van der Waals surface area contributed by atoms with Gasteiger partial charge in [-0.25, -0.2) is 22.5 Å².